The maximum atomic E-state index is 11.8. The summed E-state index contributed by atoms with van der Waals surface area (Å²) in [7, 11) is 0. The zero-order valence-electron chi connectivity index (χ0n) is 11.2. The Kier molecular flexibility index (Phi) is 8.46. The van der Waals surface area contributed by atoms with Crippen LogP contribution in [-0.4, -0.2) is 23.0 Å². The predicted octanol–water partition coefficient (Wildman–Crippen LogP) is 2.57. The van der Waals surface area contributed by atoms with Gasteiger partial charge in [-0.05, 0) is 19.8 Å². The minimum atomic E-state index is -0.987. The topological polar surface area (TPSA) is 66.4 Å². The van der Waals surface area contributed by atoms with Crippen LogP contribution in [0.4, 0.5) is 0 Å². The fraction of sp³-hybridized carbons (Fsp3) is 0.846. The van der Waals surface area contributed by atoms with E-state index in [2.05, 4.69) is 12.2 Å². The van der Waals surface area contributed by atoms with Crippen LogP contribution < -0.4 is 5.32 Å². The first-order chi connectivity index (χ1) is 8.02. The molecule has 0 heterocycles. The maximum Gasteiger partial charge on any atom is 0.325 e. The molecule has 4 heteroatoms. The molecule has 0 aromatic heterocycles. The second-order valence-electron chi connectivity index (χ2n) is 4.52. The molecular formula is C13H25NO3. The summed E-state index contributed by atoms with van der Waals surface area (Å²) in [6.07, 6.45) is 6.19. The van der Waals surface area contributed by atoms with Crippen LogP contribution in [-0.2, 0) is 9.59 Å². The van der Waals surface area contributed by atoms with Gasteiger partial charge >= 0.3 is 5.97 Å². The lowest BCUT2D eigenvalue weighted by Gasteiger charge is -2.16. The number of aliphatic carboxylic acids is 1. The minimum Gasteiger partial charge on any atom is -0.480 e. The van der Waals surface area contributed by atoms with E-state index in [4.69, 9.17) is 5.11 Å². The monoisotopic (exact) mass is 243 g/mol. The number of carboxylic acids is 1. The third kappa shape index (κ3) is 6.97. The molecule has 2 N–H and O–H groups in total. The van der Waals surface area contributed by atoms with Gasteiger partial charge in [0.25, 0.3) is 0 Å². The summed E-state index contributed by atoms with van der Waals surface area (Å²) in [5.41, 5.74) is 0. The highest BCUT2D eigenvalue weighted by molar-refractivity contribution is 5.84. The molecule has 4 nitrogen and oxygen atoms in total. The molecule has 1 amide bonds. The quantitative estimate of drug-likeness (QED) is 0.612. The molecule has 0 fully saturated rings. The summed E-state index contributed by atoms with van der Waals surface area (Å²) in [6.45, 7) is 5.61. The fourth-order valence-corrected chi connectivity index (χ4v) is 1.73. The second-order valence-corrected chi connectivity index (χ2v) is 4.52. The van der Waals surface area contributed by atoms with E-state index in [1.165, 1.54) is 19.8 Å². The highest BCUT2D eigenvalue weighted by Crippen LogP contribution is 2.14. The Labute approximate surface area is 104 Å². The zero-order chi connectivity index (χ0) is 13.3. The van der Waals surface area contributed by atoms with E-state index < -0.39 is 12.0 Å². The van der Waals surface area contributed by atoms with Gasteiger partial charge in [0, 0.05) is 5.92 Å². The Morgan fingerprint density at radius 3 is 2.29 bits per heavy atom. The van der Waals surface area contributed by atoms with Crippen LogP contribution in [0.1, 0.15) is 59.3 Å². The van der Waals surface area contributed by atoms with Gasteiger partial charge in [-0.15, -0.1) is 0 Å². The van der Waals surface area contributed by atoms with Crippen molar-refractivity contribution in [2.45, 2.75) is 65.3 Å². The lowest BCUT2D eigenvalue weighted by molar-refractivity contribution is -0.142. The molecule has 100 valence electrons. The number of nitrogens with one attached hydrogen (secondary N) is 1. The van der Waals surface area contributed by atoms with Gasteiger partial charge in [0.15, 0.2) is 0 Å². The first-order valence-corrected chi connectivity index (χ1v) is 6.56. The summed E-state index contributed by atoms with van der Waals surface area (Å²) in [5, 5.41) is 11.2. The normalized spacial score (nSPS) is 14.1. The second kappa shape index (κ2) is 9.02. The van der Waals surface area contributed by atoms with Crippen LogP contribution in [0.5, 0.6) is 0 Å². The molecule has 0 aliphatic carbocycles. The summed E-state index contributed by atoms with van der Waals surface area (Å²) in [4.78, 5) is 22.4. The Balaban J connectivity index is 3.99. The number of unbranched alkanes of at least 4 members (excludes halogenated alkanes) is 3. The van der Waals surface area contributed by atoms with Crippen molar-refractivity contribution < 1.29 is 14.7 Å². The number of rotatable bonds is 9. The minimum absolute atomic E-state index is 0.0475. The van der Waals surface area contributed by atoms with E-state index in [9.17, 15) is 9.59 Å². The van der Waals surface area contributed by atoms with E-state index in [0.717, 1.165) is 25.7 Å². The number of carbonyl (C=O) groups is 2. The maximum absolute atomic E-state index is 11.8. The highest BCUT2D eigenvalue weighted by Gasteiger charge is 2.20. The lowest BCUT2D eigenvalue weighted by atomic mass is 9.97. The Morgan fingerprint density at radius 2 is 1.82 bits per heavy atom. The van der Waals surface area contributed by atoms with Gasteiger partial charge in [0.2, 0.25) is 5.91 Å². The van der Waals surface area contributed by atoms with Crippen molar-refractivity contribution in [1.82, 2.24) is 5.32 Å². The molecule has 0 radical (unpaired) electrons. The van der Waals surface area contributed by atoms with Crippen LogP contribution in [0.3, 0.4) is 0 Å². The standard InChI is InChI=1S/C13H25NO3/c1-4-6-7-8-9-11(5-2)12(15)14-10(3)13(16)17/h10-11H,4-9H2,1-3H3,(H,14,15)(H,16,17). The van der Waals surface area contributed by atoms with Crippen LogP contribution in [0.2, 0.25) is 0 Å². The van der Waals surface area contributed by atoms with Gasteiger partial charge in [0.05, 0.1) is 0 Å². The molecule has 2 unspecified atom stereocenters. The fourth-order valence-electron chi connectivity index (χ4n) is 1.73. The molecule has 0 aromatic rings. The molecule has 0 aliphatic heterocycles. The molecule has 2 atom stereocenters. The van der Waals surface area contributed by atoms with Crippen LogP contribution in [0.15, 0.2) is 0 Å². The van der Waals surface area contributed by atoms with Gasteiger partial charge in [-0.25, -0.2) is 0 Å². The average Bonchev–Trinajstić information content (AvgIpc) is 2.28. The van der Waals surface area contributed by atoms with E-state index in [0.29, 0.717) is 0 Å². The molecule has 0 saturated heterocycles. The summed E-state index contributed by atoms with van der Waals surface area (Å²) in [5.74, 6) is -1.16. The van der Waals surface area contributed by atoms with Gasteiger partial charge in [-0.2, -0.15) is 0 Å². The first kappa shape index (κ1) is 15.9. The molecule has 0 saturated carbocycles. The zero-order valence-corrected chi connectivity index (χ0v) is 11.2. The van der Waals surface area contributed by atoms with Crippen molar-refractivity contribution in [2.24, 2.45) is 5.92 Å². The van der Waals surface area contributed by atoms with E-state index >= 15 is 0 Å². The summed E-state index contributed by atoms with van der Waals surface area (Å²) < 4.78 is 0. The molecule has 0 aromatic carbocycles. The third-order valence-electron chi connectivity index (χ3n) is 3.00. The van der Waals surface area contributed by atoms with Crippen molar-refractivity contribution in [1.29, 1.82) is 0 Å². The Morgan fingerprint density at radius 1 is 1.18 bits per heavy atom. The smallest absolute Gasteiger partial charge is 0.325 e. The van der Waals surface area contributed by atoms with Crippen molar-refractivity contribution in [3.63, 3.8) is 0 Å². The van der Waals surface area contributed by atoms with Crippen LogP contribution in [0.25, 0.3) is 0 Å². The Bertz CT molecular complexity index is 241. The number of carboxylic acid groups (broad SMARTS) is 1. The number of hydrogen-bond donors (Lipinski definition) is 2. The van der Waals surface area contributed by atoms with Gasteiger partial charge in [-0.1, -0.05) is 39.5 Å². The number of carbonyl (C=O) groups excluding carboxylic acids is 1. The first-order valence-electron chi connectivity index (χ1n) is 6.56. The number of hydrogen-bond acceptors (Lipinski definition) is 2. The summed E-state index contributed by atoms with van der Waals surface area (Å²) >= 11 is 0. The SMILES string of the molecule is CCCCCCC(CC)C(=O)NC(C)C(=O)O. The van der Waals surface area contributed by atoms with Crippen LogP contribution >= 0.6 is 0 Å². The molecule has 0 spiro atoms. The largest absolute Gasteiger partial charge is 0.480 e. The average molecular weight is 243 g/mol. The van der Waals surface area contributed by atoms with E-state index in [1.807, 2.05) is 6.92 Å². The molecule has 0 aliphatic rings. The lowest BCUT2D eigenvalue weighted by Crippen LogP contribution is -2.41. The van der Waals surface area contributed by atoms with Crippen molar-refractivity contribution >= 4 is 11.9 Å². The molecule has 0 bridgehead atoms. The predicted molar refractivity (Wildman–Crippen MR) is 67.8 cm³/mol. The highest BCUT2D eigenvalue weighted by atomic mass is 16.4. The van der Waals surface area contributed by atoms with Crippen LogP contribution in [0, 0.1) is 5.92 Å². The van der Waals surface area contributed by atoms with Crippen molar-refractivity contribution in [3.05, 3.63) is 0 Å². The van der Waals surface area contributed by atoms with E-state index in [1.54, 1.807) is 0 Å². The number of amides is 1. The third-order valence-corrected chi connectivity index (χ3v) is 3.00. The van der Waals surface area contributed by atoms with Crippen molar-refractivity contribution in [3.8, 4) is 0 Å². The van der Waals surface area contributed by atoms with Gasteiger partial charge in [-0.3, -0.25) is 9.59 Å². The van der Waals surface area contributed by atoms with Crippen molar-refractivity contribution in [2.75, 3.05) is 0 Å². The molecule has 0 rings (SSSR count). The summed E-state index contributed by atoms with van der Waals surface area (Å²) in [6, 6.07) is -0.799. The molecular weight excluding hydrogens is 218 g/mol. The Hall–Kier alpha value is -1.06. The van der Waals surface area contributed by atoms with E-state index in [-0.39, 0.29) is 11.8 Å². The molecule has 17 heavy (non-hydrogen) atoms. The van der Waals surface area contributed by atoms with Gasteiger partial charge < -0.3 is 10.4 Å². The van der Waals surface area contributed by atoms with Gasteiger partial charge in [0.1, 0.15) is 6.04 Å².